The molecule has 1 atom stereocenters. The number of thiophene rings is 1. The Bertz CT molecular complexity index is 2740. The molecule has 1 fully saturated rings. The Morgan fingerprint density at radius 2 is 1.77 bits per heavy atom. The summed E-state index contributed by atoms with van der Waals surface area (Å²) in [7, 11) is 0. The third kappa shape index (κ3) is 8.45. The molecule has 14 nitrogen and oxygen atoms in total. The fraction of sp³-hybridized carbons (Fsp3) is 0.250. The highest BCUT2D eigenvalue weighted by Crippen LogP contribution is 2.39. The number of para-hydroxylation sites is 1. The molecule has 0 bridgehead atoms. The maximum Gasteiger partial charge on any atom is 0.298 e. The van der Waals surface area contributed by atoms with Crippen molar-refractivity contribution in [1.29, 1.82) is 0 Å². The molecule has 4 N–H and O–H groups in total. The van der Waals surface area contributed by atoms with Crippen molar-refractivity contribution < 1.29 is 28.2 Å². The summed E-state index contributed by atoms with van der Waals surface area (Å²) in [5, 5.41) is 18.8. The number of aliphatic hydroxyl groups is 1. The van der Waals surface area contributed by atoms with E-state index in [-0.39, 0.29) is 36.5 Å². The molecule has 0 spiro atoms. The third-order valence-corrected chi connectivity index (χ3v) is 12.0. The Balaban J connectivity index is 0.827. The van der Waals surface area contributed by atoms with Gasteiger partial charge in [0.1, 0.15) is 47.1 Å². The number of fused-ring (bicyclic) bond motifs is 2. The van der Waals surface area contributed by atoms with E-state index in [9.17, 15) is 23.5 Å². The molecule has 312 valence electrons. The zero-order valence-electron chi connectivity index (χ0n) is 32.8. The minimum absolute atomic E-state index is 0.00680. The van der Waals surface area contributed by atoms with Gasteiger partial charge < -0.3 is 30.5 Å². The number of ether oxygens (including phenoxy) is 2. The number of piperidine rings is 1. The minimum atomic E-state index is -1.68. The van der Waals surface area contributed by atoms with E-state index >= 15 is 0 Å². The van der Waals surface area contributed by atoms with E-state index < -0.39 is 22.8 Å². The monoisotopic (exact) mass is 845 g/mol. The molecule has 0 radical (unpaired) electrons. The Hall–Kier alpha value is -6.53. The summed E-state index contributed by atoms with van der Waals surface area (Å²) in [6.07, 6.45) is 4.13. The highest BCUT2D eigenvalue weighted by Gasteiger charge is 2.37. The first-order chi connectivity index (χ1) is 29.6. The summed E-state index contributed by atoms with van der Waals surface area (Å²) in [6, 6.07) is 27.7. The molecule has 0 aliphatic carbocycles. The van der Waals surface area contributed by atoms with E-state index in [1.165, 1.54) is 28.0 Å². The van der Waals surface area contributed by atoms with Crippen molar-refractivity contribution in [3.8, 4) is 11.4 Å². The molecule has 9 rings (SSSR count). The van der Waals surface area contributed by atoms with Gasteiger partial charge in [-0.15, -0.1) is 11.3 Å². The lowest BCUT2D eigenvalue weighted by atomic mass is 9.91. The normalized spacial score (nSPS) is 15.6. The molecule has 61 heavy (non-hydrogen) atoms. The first-order valence-electron chi connectivity index (χ1n) is 19.8. The number of amides is 1. The van der Waals surface area contributed by atoms with Crippen LogP contribution in [0.25, 0.3) is 16.0 Å². The van der Waals surface area contributed by atoms with Gasteiger partial charge in [0.2, 0.25) is 0 Å². The van der Waals surface area contributed by atoms with Gasteiger partial charge in [0.15, 0.2) is 5.82 Å². The van der Waals surface area contributed by atoms with Crippen LogP contribution in [-0.2, 0) is 23.5 Å². The van der Waals surface area contributed by atoms with Crippen LogP contribution in [0.1, 0.15) is 33.6 Å². The fourth-order valence-electron chi connectivity index (χ4n) is 7.95. The van der Waals surface area contributed by atoms with Crippen molar-refractivity contribution in [3.05, 3.63) is 148 Å². The average molecular weight is 846 g/mol. The molecule has 5 heterocycles. The van der Waals surface area contributed by atoms with Crippen LogP contribution in [0.15, 0.2) is 115 Å². The van der Waals surface area contributed by atoms with E-state index in [2.05, 4.69) is 25.3 Å². The SMILES string of the molecule is Nc1nc2sc(C(=O)Nc3ccc(COC4CCN(CC(O)(Cn5cncn5)c5ccc(F)cc5F)CC4)cc3)cc2n(-c2ccc3c(c2)N(c2ccccc2)CCO3)c1=O. The van der Waals surface area contributed by atoms with Crippen LogP contribution in [0.4, 0.5) is 31.7 Å². The first kappa shape index (κ1) is 39.9. The second-order valence-corrected chi connectivity index (χ2v) is 16.1. The van der Waals surface area contributed by atoms with Gasteiger partial charge in [-0.25, -0.2) is 23.4 Å². The molecule has 7 aromatic rings. The van der Waals surface area contributed by atoms with Gasteiger partial charge in [-0.2, -0.15) is 5.10 Å². The minimum Gasteiger partial charge on any atom is -0.490 e. The lowest BCUT2D eigenvalue weighted by molar-refractivity contribution is -0.0489. The number of nitrogens with two attached hydrogens (primary N) is 1. The highest BCUT2D eigenvalue weighted by atomic mass is 32.1. The summed E-state index contributed by atoms with van der Waals surface area (Å²) < 4.78 is 43.7. The number of rotatable bonds is 12. The second-order valence-electron chi connectivity index (χ2n) is 15.1. The number of nitrogen functional groups attached to an aromatic ring is 1. The van der Waals surface area contributed by atoms with Crippen LogP contribution in [0.2, 0.25) is 0 Å². The molecule has 4 aromatic carbocycles. The van der Waals surface area contributed by atoms with E-state index in [1.807, 2.05) is 59.5 Å². The fourth-order valence-corrected chi connectivity index (χ4v) is 8.87. The van der Waals surface area contributed by atoms with E-state index in [0.29, 0.717) is 78.0 Å². The van der Waals surface area contributed by atoms with E-state index in [1.54, 1.807) is 24.3 Å². The van der Waals surface area contributed by atoms with Gasteiger partial charge in [-0.05, 0) is 73.0 Å². The number of benzene rings is 4. The first-order valence-corrected chi connectivity index (χ1v) is 20.6. The Kier molecular flexibility index (Phi) is 11.0. The summed E-state index contributed by atoms with van der Waals surface area (Å²) in [5.74, 6) is -1.39. The van der Waals surface area contributed by atoms with Crippen molar-refractivity contribution in [3.63, 3.8) is 0 Å². The number of hydrogen-bond donors (Lipinski definition) is 3. The summed E-state index contributed by atoms with van der Waals surface area (Å²) >= 11 is 1.14. The molecule has 2 aliphatic rings. The number of β-amino-alcohol motifs (C(OH)–C–C–N with tert-alkyl or cyclic N) is 1. The number of hydrogen-bond acceptors (Lipinski definition) is 12. The maximum absolute atomic E-state index is 14.9. The van der Waals surface area contributed by atoms with Crippen LogP contribution in [0, 0.1) is 11.6 Å². The van der Waals surface area contributed by atoms with Crippen LogP contribution < -0.4 is 26.2 Å². The summed E-state index contributed by atoms with van der Waals surface area (Å²) in [6.45, 7) is 2.76. The lowest BCUT2D eigenvalue weighted by Crippen LogP contribution is -2.48. The smallest absolute Gasteiger partial charge is 0.298 e. The van der Waals surface area contributed by atoms with Crippen LogP contribution in [0.5, 0.6) is 5.75 Å². The van der Waals surface area contributed by atoms with Crippen molar-refractivity contribution in [2.45, 2.75) is 37.7 Å². The number of carbonyl (C=O) groups excluding carboxylic acids is 1. The molecular weight excluding hydrogens is 805 g/mol. The van der Waals surface area contributed by atoms with Gasteiger partial charge in [-0.3, -0.25) is 19.1 Å². The van der Waals surface area contributed by atoms with Gasteiger partial charge in [0, 0.05) is 42.6 Å². The quantitative estimate of drug-likeness (QED) is 0.127. The number of aromatic nitrogens is 5. The van der Waals surface area contributed by atoms with Crippen molar-refractivity contribution >= 4 is 50.5 Å². The summed E-state index contributed by atoms with van der Waals surface area (Å²) in [4.78, 5) is 40.3. The molecule has 2 aliphatic heterocycles. The predicted octanol–water partition coefficient (Wildman–Crippen LogP) is 6.25. The van der Waals surface area contributed by atoms with Crippen molar-refractivity contribution in [2.24, 2.45) is 0 Å². The van der Waals surface area contributed by atoms with Gasteiger partial charge in [-0.1, -0.05) is 36.4 Å². The Morgan fingerprint density at radius 1 is 0.967 bits per heavy atom. The largest absolute Gasteiger partial charge is 0.490 e. The molecule has 1 unspecified atom stereocenters. The number of nitrogens with one attached hydrogen (secondary N) is 1. The zero-order chi connectivity index (χ0) is 42.1. The molecular formula is C44H41F2N9O5S. The third-order valence-electron chi connectivity index (χ3n) is 11.0. The van der Waals surface area contributed by atoms with Crippen molar-refractivity contribution in [1.82, 2.24) is 29.2 Å². The van der Waals surface area contributed by atoms with E-state index in [0.717, 1.165) is 40.4 Å². The zero-order valence-corrected chi connectivity index (χ0v) is 33.6. The van der Waals surface area contributed by atoms with Crippen molar-refractivity contribution in [2.75, 3.05) is 48.7 Å². The Labute approximate surface area is 352 Å². The highest BCUT2D eigenvalue weighted by molar-refractivity contribution is 7.20. The number of nitrogens with zero attached hydrogens (tertiary/aromatic N) is 7. The molecule has 1 saturated heterocycles. The number of likely N-dealkylation sites (tertiary alicyclic amines) is 1. The van der Waals surface area contributed by atoms with Crippen LogP contribution >= 0.6 is 11.3 Å². The predicted molar refractivity (Wildman–Crippen MR) is 227 cm³/mol. The van der Waals surface area contributed by atoms with E-state index in [4.69, 9.17) is 15.2 Å². The number of carbonyl (C=O) groups is 1. The van der Waals surface area contributed by atoms with Gasteiger partial charge >= 0.3 is 0 Å². The lowest BCUT2D eigenvalue weighted by Gasteiger charge is -2.38. The van der Waals surface area contributed by atoms with Crippen LogP contribution in [0.3, 0.4) is 0 Å². The molecule has 3 aromatic heterocycles. The number of halogens is 2. The molecule has 17 heteroatoms. The van der Waals surface area contributed by atoms with Gasteiger partial charge in [0.05, 0.1) is 47.6 Å². The second kappa shape index (κ2) is 16.8. The summed E-state index contributed by atoms with van der Waals surface area (Å²) in [5.41, 5.74) is 8.28. The average Bonchev–Trinajstić information content (AvgIpc) is 3.94. The topological polar surface area (TPSA) is 166 Å². The molecule has 1 amide bonds. The Morgan fingerprint density at radius 3 is 2.52 bits per heavy atom. The standard InChI is InChI=1S/C44H41F2N9O5S/c45-29-8-12-34(35(46)20-29)44(58,25-53-27-48-26-49-53)24-52-16-14-33(15-17-52)60-23-28-6-9-30(10-7-28)50-41(56)39-22-37-42(61-39)51-40(47)43(57)55(37)32-11-13-38-36(21-32)54(18-19-59-38)31-4-2-1-3-5-31/h1-13,20-22,26-27,33,58H,14-19,23-25H2,(H2,47,51)(H,50,56). The maximum atomic E-state index is 14.9. The number of anilines is 4. The molecule has 0 saturated carbocycles. The van der Waals surface area contributed by atoms with Crippen LogP contribution in [-0.4, -0.2) is 79.1 Å². The van der Waals surface area contributed by atoms with Gasteiger partial charge in [0.25, 0.3) is 11.5 Å².